The molecule has 216 valence electrons. The summed E-state index contributed by atoms with van der Waals surface area (Å²) >= 11 is 0. The molecule has 10 heteroatoms. The first-order valence-electron chi connectivity index (χ1n) is 14.2. The molecule has 1 aliphatic carbocycles. The lowest BCUT2D eigenvalue weighted by atomic mass is 9.70. The highest BCUT2D eigenvalue weighted by molar-refractivity contribution is 5.90. The number of aryl methyl sites for hydroxylation is 1. The molecule has 2 saturated heterocycles. The van der Waals surface area contributed by atoms with Crippen molar-refractivity contribution in [2.24, 2.45) is 29.7 Å². The predicted octanol–water partition coefficient (Wildman–Crippen LogP) is 1.56. The zero-order valence-electron chi connectivity index (χ0n) is 24.2. The molecule has 4 atom stereocenters. The van der Waals surface area contributed by atoms with E-state index in [0.29, 0.717) is 39.3 Å². The van der Waals surface area contributed by atoms with Crippen LogP contribution in [0.4, 0.5) is 0 Å². The number of nitrogens with zero attached hydrogens (tertiary/aromatic N) is 4. The fraction of sp³-hybridized carbons (Fsp3) is 0.600. The number of nitrogens with one attached hydrogen (secondary N) is 2. The van der Waals surface area contributed by atoms with Crippen LogP contribution in [0, 0.1) is 22.7 Å². The second kappa shape index (κ2) is 11.0. The first-order chi connectivity index (χ1) is 19.0. The van der Waals surface area contributed by atoms with E-state index in [0.717, 1.165) is 17.5 Å². The van der Waals surface area contributed by atoms with Gasteiger partial charge in [0.1, 0.15) is 6.04 Å². The molecule has 2 N–H and O–H groups in total. The van der Waals surface area contributed by atoms with Crippen LogP contribution in [0.25, 0.3) is 0 Å². The average molecular weight is 551 g/mol. The van der Waals surface area contributed by atoms with Gasteiger partial charge in [0.2, 0.25) is 17.7 Å². The zero-order chi connectivity index (χ0) is 28.7. The van der Waals surface area contributed by atoms with E-state index in [9.17, 15) is 14.4 Å². The highest BCUT2D eigenvalue weighted by atomic mass is 16.5. The fourth-order valence-corrected chi connectivity index (χ4v) is 6.37. The van der Waals surface area contributed by atoms with Gasteiger partial charge in [0, 0.05) is 69.9 Å². The number of carbonyl (C=O) groups excluding carboxylic acids is 3. The summed E-state index contributed by atoms with van der Waals surface area (Å²) in [4.78, 5) is 44.1. The Kier molecular flexibility index (Phi) is 7.76. The number of carbonyl (C=O) groups is 3. The van der Waals surface area contributed by atoms with Crippen molar-refractivity contribution in [3.63, 3.8) is 0 Å². The summed E-state index contributed by atoms with van der Waals surface area (Å²) in [5, 5.41) is 9.99. The standard InChI is InChI=1S/C30H42N6O4/c1-20(40-16-21-9-7-6-8-10-21)25(27(38)31-4)33-26(37)24-15-35(14-22-12-32-34(5)13-22)17-30(24)18-36(19-30)28(39)23-11-29(23,2)3/h6-10,12-13,20,23-25H,11,14-19H2,1-5H3,(H,31,38)(H,33,37)/t20-,23-,24+,25+/m1/s1. The lowest BCUT2D eigenvalue weighted by Gasteiger charge is -2.51. The third-order valence-corrected chi connectivity index (χ3v) is 8.99. The summed E-state index contributed by atoms with van der Waals surface area (Å²) in [6.07, 6.45) is 4.21. The lowest BCUT2D eigenvalue weighted by Crippen LogP contribution is -2.65. The van der Waals surface area contributed by atoms with Gasteiger partial charge in [0.05, 0.1) is 24.8 Å². The molecule has 3 fully saturated rings. The summed E-state index contributed by atoms with van der Waals surface area (Å²) in [7, 11) is 3.45. The molecule has 1 aromatic heterocycles. The molecule has 0 bridgehead atoms. The van der Waals surface area contributed by atoms with Crippen LogP contribution in [0.2, 0.25) is 0 Å². The van der Waals surface area contributed by atoms with Crippen LogP contribution in [0.1, 0.15) is 38.3 Å². The number of likely N-dealkylation sites (N-methyl/N-ethyl adjacent to an activating group) is 1. The number of aromatic nitrogens is 2. The summed E-state index contributed by atoms with van der Waals surface area (Å²) in [5.41, 5.74) is 1.80. The Morgan fingerprint density at radius 2 is 1.80 bits per heavy atom. The molecule has 5 rings (SSSR count). The van der Waals surface area contributed by atoms with Gasteiger partial charge in [-0.2, -0.15) is 5.10 Å². The molecule has 1 saturated carbocycles. The number of hydrogen-bond acceptors (Lipinski definition) is 6. The van der Waals surface area contributed by atoms with Gasteiger partial charge in [0.15, 0.2) is 0 Å². The van der Waals surface area contributed by atoms with E-state index in [1.807, 2.05) is 61.6 Å². The molecule has 0 radical (unpaired) electrons. The summed E-state index contributed by atoms with van der Waals surface area (Å²) in [6, 6.07) is 8.91. The summed E-state index contributed by atoms with van der Waals surface area (Å²) < 4.78 is 7.80. The van der Waals surface area contributed by atoms with Gasteiger partial charge in [0.25, 0.3) is 0 Å². The van der Waals surface area contributed by atoms with Gasteiger partial charge in [-0.25, -0.2) is 0 Å². The number of amides is 3. The number of hydrogen-bond donors (Lipinski definition) is 2. The third kappa shape index (κ3) is 5.78. The largest absolute Gasteiger partial charge is 0.371 e. The maximum Gasteiger partial charge on any atom is 0.245 e. The highest BCUT2D eigenvalue weighted by Gasteiger charge is 2.61. The molecule has 10 nitrogen and oxygen atoms in total. The molecule has 3 amide bonds. The van der Waals surface area contributed by atoms with Crippen LogP contribution in [0.5, 0.6) is 0 Å². The van der Waals surface area contributed by atoms with E-state index in [4.69, 9.17) is 4.74 Å². The highest BCUT2D eigenvalue weighted by Crippen LogP contribution is 2.54. The second-order valence-corrected chi connectivity index (χ2v) is 12.6. The topological polar surface area (TPSA) is 109 Å². The molecule has 1 spiro atoms. The molecule has 0 unspecified atom stereocenters. The van der Waals surface area contributed by atoms with Gasteiger partial charge in [-0.15, -0.1) is 0 Å². The minimum atomic E-state index is -0.837. The molecule has 3 aliphatic rings. The first kappa shape index (κ1) is 28.3. The van der Waals surface area contributed by atoms with E-state index in [1.54, 1.807) is 11.7 Å². The van der Waals surface area contributed by atoms with Crippen molar-refractivity contribution < 1.29 is 19.1 Å². The number of rotatable bonds is 10. The smallest absolute Gasteiger partial charge is 0.245 e. The Bertz CT molecular complexity index is 1240. The van der Waals surface area contributed by atoms with E-state index < -0.39 is 12.1 Å². The third-order valence-electron chi connectivity index (χ3n) is 8.99. The van der Waals surface area contributed by atoms with Crippen molar-refractivity contribution in [1.29, 1.82) is 0 Å². The number of benzene rings is 1. The summed E-state index contributed by atoms with van der Waals surface area (Å²) in [5.74, 6) is -0.545. The van der Waals surface area contributed by atoms with Crippen LogP contribution in [0.3, 0.4) is 0 Å². The normalized spacial score (nSPS) is 24.3. The predicted molar refractivity (Wildman–Crippen MR) is 150 cm³/mol. The Morgan fingerprint density at radius 3 is 2.40 bits per heavy atom. The second-order valence-electron chi connectivity index (χ2n) is 12.6. The molecule has 2 aliphatic heterocycles. The Balaban J connectivity index is 1.29. The monoisotopic (exact) mass is 550 g/mol. The molecular weight excluding hydrogens is 508 g/mol. The average Bonchev–Trinajstić information content (AvgIpc) is 3.20. The van der Waals surface area contributed by atoms with Crippen molar-refractivity contribution in [3.05, 3.63) is 53.9 Å². The van der Waals surface area contributed by atoms with Gasteiger partial charge < -0.3 is 20.3 Å². The number of likely N-dealkylation sites (tertiary alicyclic amines) is 2. The van der Waals surface area contributed by atoms with Crippen molar-refractivity contribution in [3.8, 4) is 0 Å². The quantitative estimate of drug-likeness (QED) is 0.465. The van der Waals surface area contributed by atoms with E-state index in [2.05, 4.69) is 34.5 Å². The maximum absolute atomic E-state index is 13.9. The lowest BCUT2D eigenvalue weighted by molar-refractivity contribution is -0.152. The van der Waals surface area contributed by atoms with Crippen molar-refractivity contribution in [2.75, 3.05) is 33.2 Å². The fourth-order valence-electron chi connectivity index (χ4n) is 6.37. The first-order valence-corrected chi connectivity index (χ1v) is 14.2. The molecular formula is C30H42N6O4. The van der Waals surface area contributed by atoms with Crippen LogP contribution < -0.4 is 10.6 Å². The van der Waals surface area contributed by atoms with Crippen LogP contribution in [-0.4, -0.2) is 82.7 Å². The van der Waals surface area contributed by atoms with Gasteiger partial charge >= 0.3 is 0 Å². The van der Waals surface area contributed by atoms with Crippen LogP contribution in [0.15, 0.2) is 42.7 Å². The van der Waals surface area contributed by atoms with Crippen molar-refractivity contribution >= 4 is 17.7 Å². The molecule has 2 aromatic rings. The van der Waals surface area contributed by atoms with Crippen LogP contribution in [-0.2, 0) is 39.3 Å². The van der Waals surface area contributed by atoms with E-state index in [-0.39, 0.29) is 40.4 Å². The zero-order valence-corrected chi connectivity index (χ0v) is 24.2. The Hall–Kier alpha value is -3.24. The Labute approximate surface area is 236 Å². The minimum Gasteiger partial charge on any atom is -0.371 e. The SMILES string of the molecule is CNC(=O)[C@@H](NC(=O)[C@@H]1CN(Cc2cnn(C)c2)CC12CN(C(=O)[C@H]1CC1(C)C)C2)[C@@H](C)OCc1ccccc1. The van der Waals surface area contributed by atoms with Gasteiger partial charge in [-0.1, -0.05) is 44.2 Å². The van der Waals surface area contributed by atoms with Crippen molar-refractivity contribution in [2.45, 2.75) is 52.5 Å². The number of ether oxygens (including phenoxy) is 1. The maximum atomic E-state index is 13.9. The minimum absolute atomic E-state index is 0.0647. The van der Waals surface area contributed by atoms with E-state index >= 15 is 0 Å². The van der Waals surface area contributed by atoms with Crippen molar-refractivity contribution in [1.82, 2.24) is 30.2 Å². The van der Waals surface area contributed by atoms with Gasteiger partial charge in [-0.3, -0.25) is 24.0 Å². The van der Waals surface area contributed by atoms with E-state index in [1.165, 1.54) is 0 Å². The van der Waals surface area contributed by atoms with Gasteiger partial charge in [-0.05, 0) is 24.3 Å². The Morgan fingerprint density at radius 1 is 1.10 bits per heavy atom. The van der Waals surface area contributed by atoms with Crippen LogP contribution >= 0.6 is 0 Å². The molecule has 3 heterocycles. The summed E-state index contributed by atoms with van der Waals surface area (Å²) in [6.45, 7) is 9.47. The molecule has 40 heavy (non-hydrogen) atoms. The molecule has 1 aromatic carbocycles.